The molecular formula is C18H20ClN5O3. The molecule has 0 radical (unpaired) electrons. The van der Waals surface area contributed by atoms with Gasteiger partial charge in [0.05, 0.1) is 12.2 Å². The lowest BCUT2D eigenvalue weighted by atomic mass is 9.96. The zero-order chi connectivity index (χ0) is 19.1. The number of urea groups is 1. The van der Waals surface area contributed by atoms with E-state index in [1.165, 1.54) is 4.90 Å². The average Bonchev–Trinajstić information content (AvgIpc) is 3.15. The van der Waals surface area contributed by atoms with Gasteiger partial charge in [0.2, 0.25) is 11.8 Å². The van der Waals surface area contributed by atoms with Crippen LogP contribution in [0.25, 0.3) is 0 Å². The van der Waals surface area contributed by atoms with Gasteiger partial charge in [-0.25, -0.2) is 4.79 Å². The summed E-state index contributed by atoms with van der Waals surface area (Å²) < 4.78 is 0. The van der Waals surface area contributed by atoms with Crippen molar-refractivity contribution in [1.29, 1.82) is 0 Å². The van der Waals surface area contributed by atoms with Crippen molar-refractivity contribution in [2.24, 2.45) is 16.6 Å². The minimum atomic E-state index is -0.322. The highest BCUT2D eigenvalue weighted by atomic mass is 35.5. The highest BCUT2D eigenvalue weighted by molar-refractivity contribution is 6.31. The van der Waals surface area contributed by atoms with Gasteiger partial charge in [0.1, 0.15) is 12.4 Å². The summed E-state index contributed by atoms with van der Waals surface area (Å²) in [6.45, 7) is 1.91. The van der Waals surface area contributed by atoms with Crippen LogP contribution < -0.4 is 10.6 Å². The second-order valence-electron chi connectivity index (χ2n) is 6.94. The van der Waals surface area contributed by atoms with E-state index in [9.17, 15) is 14.4 Å². The summed E-state index contributed by atoms with van der Waals surface area (Å²) >= 11 is 6.13. The van der Waals surface area contributed by atoms with Gasteiger partial charge >= 0.3 is 6.03 Å². The van der Waals surface area contributed by atoms with Crippen molar-refractivity contribution < 1.29 is 14.4 Å². The zero-order valence-electron chi connectivity index (χ0n) is 14.7. The number of halogens is 1. The van der Waals surface area contributed by atoms with Crippen molar-refractivity contribution in [1.82, 2.24) is 9.80 Å². The molecule has 3 heterocycles. The van der Waals surface area contributed by atoms with Gasteiger partial charge < -0.3 is 10.6 Å². The molecule has 27 heavy (non-hydrogen) atoms. The number of hydrogen-bond acceptors (Lipinski definition) is 4. The summed E-state index contributed by atoms with van der Waals surface area (Å²) in [7, 11) is 0. The van der Waals surface area contributed by atoms with Crippen LogP contribution in [0.2, 0.25) is 5.02 Å². The lowest BCUT2D eigenvalue weighted by Crippen LogP contribution is -2.54. The Balaban J connectivity index is 1.55. The zero-order valence-corrected chi connectivity index (χ0v) is 15.5. The highest BCUT2D eigenvalue weighted by Crippen LogP contribution is 2.33. The molecule has 9 heteroatoms. The predicted octanol–water partition coefficient (Wildman–Crippen LogP) is 1.07. The molecule has 0 aromatic heterocycles. The first kappa shape index (κ1) is 17.8. The summed E-state index contributed by atoms with van der Waals surface area (Å²) in [4.78, 5) is 46.2. The number of piperidine rings is 1. The fourth-order valence-electron chi connectivity index (χ4n) is 3.83. The van der Waals surface area contributed by atoms with Gasteiger partial charge in [-0.1, -0.05) is 11.6 Å². The van der Waals surface area contributed by atoms with E-state index in [0.29, 0.717) is 55.6 Å². The van der Waals surface area contributed by atoms with Gasteiger partial charge in [0.15, 0.2) is 0 Å². The predicted molar refractivity (Wildman–Crippen MR) is 101 cm³/mol. The van der Waals surface area contributed by atoms with E-state index < -0.39 is 0 Å². The number of rotatable bonds is 3. The minimum absolute atomic E-state index is 0.0722. The van der Waals surface area contributed by atoms with Gasteiger partial charge in [-0.3, -0.25) is 24.4 Å². The molecule has 2 N–H and O–H groups in total. The maximum Gasteiger partial charge on any atom is 0.330 e. The number of fused-ring (bicyclic) bond motifs is 3. The molecule has 1 fully saturated rings. The lowest BCUT2D eigenvalue weighted by Gasteiger charge is -2.37. The molecule has 1 aromatic carbocycles. The monoisotopic (exact) mass is 389 g/mol. The Morgan fingerprint density at radius 1 is 1.22 bits per heavy atom. The van der Waals surface area contributed by atoms with Crippen LogP contribution >= 0.6 is 11.6 Å². The minimum Gasteiger partial charge on any atom is -0.369 e. The van der Waals surface area contributed by atoms with Gasteiger partial charge in [-0.05, 0) is 31.0 Å². The second kappa shape index (κ2) is 6.84. The highest BCUT2D eigenvalue weighted by Gasteiger charge is 2.39. The third-order valence-electron chi connectivity index (χ3n) is 5.34. The van der Waals surface area contributed by atoms with Crippen LogP contribution in [0.4, 0.5) is 10.5 Å². The van der Waals surface area contributed by atoms with Gasteiger partial charge in [-0.15, -0.1) is 0 Å². The van der Waals surface area contributed by atoms with Gasteiger partial charge in [0.25, 0.3) is 0 Å². The van der Waals surface area contributed by atoms with Crippen LogP contribution in [-0.2, 0) is 9.59 Å². The van der Waals surface area contributed by atoms with E-state index in [2.05, 4.69) is 4.99 Å². The number of primary amides is 1. The fraction of sp³-hybridized carbons (Fsp3) is 0.444. The number of hydrogen-bond donors (Lipinski definition) is 1. The summed E-state index contributed by atoms with van der Waals surface area (Å²) in [6, 6.07) is 5.02. The molecule has 4 rings (SSSR count). The Bertz CT molecular complexity index is 847. The largest absolute Gasteiger partial charge is 0.369 e. The summed E-state index contributed by atoms with van der Waals surface area (Å²) in [6.07, 6.45) is 1.11. The lowest BCUT2D eigenvalue weighted by molar-refractivity contribution is -0.133. The van der Waals surface area contributed by atoms with Crippen LogP contribution in [0.3, 0.4) is 0 Å². The van der Waals surface area contributed by atoms with Crippen LogP contribution in [0.5, 0.6) is 0 Å². The van der Waals surface area contributed by atoms with Crippen molar-refractivity contribution >= 4 is 41.0 Å². The topological polar surface area (TPSA) is 99.3 Å². The smallest absolute Gasteiger partial charge is 0.330 e. The fourth-order valence-corrected chi connectivity index (χ4v) is 4.00. The molecule has 3 aliphatic rings. The first-order valence-corrected chi connectivity index (χ1v) is 9.34. The molecule has 4 amide bonds. The van der Waals surface area contributed by atoms with Crippen LogP contribution in [0, 0.1) is 5.92 Å². The summed E-state index contributed by atoms with van der Waals surface area (Å²) in [5.74, 6) is -0.0271. The number of aliphatic imine (C=N–C) groups is 1. The number of carbonyl (C=O) groups is 3. The van der Waals surface area contributed by atoms with E-state index in [1.54, 1.807) is 21.9 Å². The maximum atomic E-state index is 12.9. The molecule has 0 spiro atoms. The van der Waals surface area contributed by atoms with Crippen molar-refractivity contribution in [2.75, 3.05) is 37.6 Å². The number of nitrogens with zero attached hydrogens (tertiary/aromatic N) is 4. The average molecular weight is 390 g/mol. The van der Waals surface area contributed by atoms with Crippen molar-refractivity contribution in [2.45, 2.75) is 12.8 Å². The van der Waals surface area contributed by atoms with Crippen LogP contribution in [0.1, 0.15) is 18.4 Å². The third-order valence-corrected chi connectivity index (χ3v) is 5.57. The molecule has 1 aromatic rings. The molecule has 0 bridgehead atoms. The molecule has 3 aliphatic heterocycles. The molecule has 8 nitrogen and oxygen atoms in total. The normalized spacial score (nSPS) is 19.7. The number of anilines is 1. The Kier molecular flexibility index (Phi) is 4.51. The SMILES string of the molecule is NC(=O)C1CCN(C(=O)CN2C(=O)N3CCN=C3c3ccc(Cl)cc32)CC1. The number of nitrogens with two attached hydrogens (primary N) is 1. The van der Waals surface area contributed by atoms with Crippen LogP contribution in [0.15, 0.2) is 23.2 Å². The maximum absolute atomic E-state index is 12.9. The van der Waals surface area contributed by atoms with Crippen molar-refractivity contribution in [3.8, 4) is 0 Å². The van der Waals surface area contributed by atoms with E-state index in [1.807, 2.05) is 6.07 Å². The third kappa shape index (κ3) is 3.14. The Morgan fingerprint density at radius 2 is 1.96 bits per heavy atom. The van der Waals surface area contributed by atoms with E-state index in [0.717, 1.165) is 5.56 Å². The van der Waals surface area contributed by atoms with E-state index in [4.69, 9.17) is 17.3 Å². The number of amidine groups is 1. The molecule has 0 unspecified atom stereocenters. The molecule has 0 aliphatic carbocycles. The van der Waals surface area contributed by atoms with Crippen molar-refractivity contribution in [3.63, 3.8) is 0 Å². The first-order chi connectivity index (χ1) is 13.0. The molecule has 0 atom stereocenters. The Hall–Kier alpha value is -2.61. The Labute approximate surface area is 161 Å². The second-order valence-corrected chi connectivity index (χ2v) is 7.38. The van der Waals surface area contributed by atoms with Gasteiger partial charge in [0, 0.05) is 36.1 Å². The number of benzene rings is 1. The summed E-state index contributed by atoms with van der Waals surface area (Å²) in [5.41, 5.74) is 6.75. The quantitative estimate of drug-likeness (QED) is 0.836. The molecule has 1 saturated heterocycles. The summed E-state index contributed by atoms with van der Waals surface area (Å²) in [5, 5.41) is 0.494. The number of likely N-dealkylation sites (tertiary alicyclic amines) is 1. The molecule has 142 valence electrons. The van der Waals surface area contributed by atoms with Crippen LogP contribution in [-0.4, -0.2) is 66.2 Å². The van der Waals surface area contributed by atoms with Crippen molar-refractivity contribution in [3.05, 3.63) is 28.8 Å². The first-order valence-electron chi connectivity index (χ1n) is 8.96. The molecular weight excluding hydrogens is 370 g/mol. The number of amides is 4. The standard InChI is InChI=1S/C18H20ClN5O3/c19-12-1-2-13-14(9-12)24(18(27)23-8-5-21-17(13)23)10-15(25)22-6-3-11(4-7-22)16(20)26/h1-2,9,11H,3-8,10H2,(H2,20,26). The molecule has 0 saturated carbocycles. The Morgan fingerprint density at radius 3 is 2.67 bits per heavy atom. The van der Waals surface area contributed by atoms with E-state index in [-0.39, 0.29) is 30.3 Å². The van der Waals surface area contributed by atoms with Gasteiger partial charge in [-0.2, -0.15) is 0 Å². The number of carbonyl (C=O) groups excluding carboxylic acids is 3. The van der Waals surface area contributed by atoms with E-state index >= 15 is 0 Å².